The van der Waals surface area contributed by atoms with E-state index in [4.69, 9.17) is 0 Å². The number of hydrogen-bond donors (Lipinski definition) is 2. The van der Waals surface area contributed by atoms with Gasteiger partial charge in [-0.3, -0.25) is 14.5 Å². The van der Waals surface area contributed by atoms with Gasteiger partial charge in [0.25, 0.3) is 5.91 Å². The van der Waals surface area contributed by atoms with Crippen LogP contribution in [0.25, 0.3) is 0 Å². The molecule has 0 unspecified atom stereocenters. The van der Waals surface area contributed by atoms with Crippen LogP contribution < -0.4 is 10.6 Å². The number of amides is 4. The standard InChI is InChI=1S/C21H27N3O3/c1-14-7-4-5-12-21(14)19(26)24(20(27)23-21)13-18(25)22-17-11-6-9-15-8-2-3-10-16(15)17/h2-3,8,10,14,17H,4-7,9,11-13H2,1H3,(H,22,25)(H,23,27)/t14-,17+,21-/m1/s1. The summed E-state index contributed by atoms with van der Waals surface area (Å²) >= 11 is 0. The number of fused-ring (bicyclic) bond motifs is 1. The van der Waals surface area contributed by atoms with E-state index in [-0.39, 0.29) is 30.3 Å². The summed E-state index contributed by atoms with van der Waals surface area (Å²) in [6, 6.07) is 7.65. The third-order valence-corrected chi connectivity index (χ3v) is 6.51. The molecule has 2 fully saturated rings. The van der Waals surface area contributed by atoms with Crippen molar-refractivity contribution in [1.29, 1.82) is 0 Å². The minimum Gasteiger partial charge on any atom is -0.348 e. The highest BCUT2D eigenvalue weighted by molar-refractivity contribution is 6.09. The van der Waals surface area contributed by atoms with E-state index in [1.54, 1.807) is 0 Å². The number of rotatable bonds is 3. The van der Waals surface area contributed by atoms with Gasteiger partial charge in [0, 0.05) is 0 Å². The molecule has 3 aliphatic rings. The molecule has 4 rings (SSSR count). The van der Waals surface area contributed by atoms with E-state index < -0.39 is 11.6 Å². The minimum absolute atomic E-state index is 0.0502. The van der Waals surface area contributed by atoms with Crippen molar-refractivity contribution in [3.8, 4) is 0 Å². The molecule has 1 saturated carbocycles. The minimum atomic E-state index is -0.812. The van der Waals surface area contributed by atoms with E-state index in [0.29, 0.717) is 6.42 Å². The van der Waals surface area contributed by atoms with Crippen molar-refractivity contribution in [2.45, 2.75) is 63.5 Å². The van der Waals surface area contributed by atoms with Gasteiger partial charge in [-0.15, -0.1) is 0 Å². The van der Waals surface area contributed by atoms with Crippen LogP contribution in [0.5, 0.6) is 0 Å². The highest BCUT2D eigenvalue weighted by atomic mass is 16.2. The van der Waals surface area contributed by atoms with Crippen molar-refractivity contribution < 1.29 is 14.4 Å². The summed E-state index contributed by atoms with van der Waals surface area (Å²) in [4.78, 5) is 39.2. The van der Waals surface area contributed by atoms with Crippen LogP contribution in [0.1, 0.15) is 62.6 Å². The molecule has 1 aromatic carbocycles. The van der Waals surface area contributed by atoms with Gasteiger partial charge in [-0.05, 0) is 49.1 Å². The van der Waals surface area contributed by atoms with Gasteiger partial charge in [0.1, 0.15) is 12.1 Å². The fourth-order valence-electron chi connectivity index (χ4n) is 4.93. The van der Waals surface area contributed by atoms with E-state index in [2.05, 4.69) is 16.7 Å². The predicted octanol–water partition coefficient (Wildman–Crippen LogP) is 2.68. The number of nitrogens with one attached hydrogen (secondary N) is 2. The average Bonchev–Trinajstić information content (AvgIpc) is 2.89. The second-order valence-electron chi connectivity index (χ2n) is 8.15. The Kier molecular flexibility index (Phi) is 4.66. The van der Waals surface area contributed by atoms with Gasteiger partial charge in [0.05, 0.1) is 6.04 Å². The van der Waals surface area contributed by atoms with Crippen LogP contribution >= 0.6 is 0 Å². The molecule has 2 N–H and O–H groups in total. The Balaban J connectivity index is 1.44. The van der Waals surface area contributed by atoms with Crippen LogP contribution in [-0.4, -0.2) is 34.8 Å². The SMILES string of the molecule is C[C@@H]1CCCC[C@@]12NC(=O)N(CC(=O)N[C@H]1CCCc3ccccc31)C2=O. The van der Waals surface area contributed by atoms with Crippen LogP contribution in [0, 0.1) is 5.92 Å². The summed E-state index contributed by atoms with van der Waals surface area (Å²) < 4.78 is 0. The molecule has 1 heterocycles. The van der Waals surface area contributed by atoms with Crippen LogP contribution in [0.3, 0.4) is 0 Å². The third kappa shape index (κ3) is 3.11. The Hall–Kier alpha value is -2.37. The average molecular weight is 369 g/mol. The molecule has 2 aliphatic carbocycles. The quantitative estimate of drug-likeness (QED) is 0.804. The number of nitrogens with zero attached hydrogens (tertiary/aromatic N) is 1. The molecule has 1 aliphatic heterocycles. The molecule has 144 valence electrons. The molecular formula is C21H27N3O3. The second kappa shape index (κ2) is 6.98. The molecule has 6 nitrogen and oxygen atoms in total. The van der Waals surface area contributed by atoms with E-state index in [0.717, 1.165) is 49.0 Å². The molecule has 3 atom stereocenters. The van der Waals surface area contributed by atoms with Gasteiger partial charge < -0.3 is 10.6 Å². The first-order valence-corrected chi connectivity index (χ1v) is 10.0. The maximum Gasteiger partial charge on any atom is 0.325 e. The summed E-state index contributed by atoms with van der Waals surface area (Å²) in [5, 5.41) is 5.93. The lowest BCUT2D eigenvalue weighted by Gasteiger charge is -2.36. The number of hydrogen-bond acceptors (Lipinski definition) is 3. The number of imide groups is 1. The molecule has 6 heteroatoms. The number of urea groups is 1. The first-order chi connectivity index (χ1) is 13.0. The second-order valence-corrected chi connectivity index (χ2v) is 8.15. The van der Waals surface area contributed by atoms with Crippen molar-refractivity contribution in [3.63, 3.8) is 0 Å². The molecule has 1 saturated heterocycles. The molecule has 0 radical (unpaired) electrons. The lowest BCUT2D eigenvalue weighted by molar-refractivity contribution is -0.137. The monoisotopic (exact) mass is 369 g/mol. The first-order valence-electron chi connectivity index (χ1n) is 10.0. The molecule has 1 spiro atoms. The summed E-state index contributed by atoms with van der Waals surface area (Å²) in [5.41, 5.74) is 1.60. The van der Waals surface area contributed by atoms with Crippen LogP contribution in [0.4, 0.5) is 4.79 Å². The fraction of sp³-hybridized carbons (Fsp3) is 0.571. The number of carbonyl (C=O) groups is 3. The number of benzene rings is 1. The zero-order chi connectivity index (χ0) is 19.0. The van der Waals surface area contributed by atoms with Gasteiger partial charge >= 0.3 is 6.03 Å². The van der Waals surface area contributed by atoms with Crippen LogP contribution in [0.15, 0.2) is 24.3 Å². The Morgan fingerprint density at radius 2 is 2.04 bits per heavy atom. The Labute approximate surface area is 159 Å². The Bertz CT molecular complexity index is 778. The maximum atomic E-state index is 13.0. The van der Waals surface area contributed by atoms with Gasteiger partial charge in [-0.1, -0.05) is 44.0 Å². The van der Waals surface area contributed by atoms with Crippen molar-refractivity contribution in [3.05, 3.63) is 35.4 Å². The zero-order valence-corrected chi connectivity index (χ0v) is 15.8. The third-order valence-electron chi connectivity index (χ3n) is 6.51. The van der Waals surface area contributed by atoms with E-state index in [1.165, 1.54) is 5.56 Å². The van der Waals surface area contributed by atoms with Crippen molar-refractivity contribution in [1.82, 2.24) is 15.5 Å². The lowest BCUT2D eigenvalue weighted by atomic mass is 9.73. The Morgan fingerprint density at radius 3 is 2.85 bits per heavy atom. The highest BCUT2D eigenvalue weighted by Crippen LogP contribution is 2.38. The molecule has 27 heavy (non-hydrogen) atoms. The summed E-state index contributed by atoms with van der Waals surface area (Å²) in [6.45, 7) is 1.80. The molecule has 0 bridgehead atoms. The van der Waals surface area contributed by atoms with Gasteiger partial charge in [0.15, 0.2) is 0 Å². The van der Waals surface area contributed by atoms with Crippen LogP contribution in [0.2, 0.25) is 0 Å². The maximum absolute atomic E-state index is 13.0. The topological polar surface area (TPSA) is 78.5 Å². The molecule has 0 aromatic heterocycles. The largest absolute Gasteiger partial charge is 0.348 e. The summed E-state index contributed by atoms with van der Waals surface area (Å²) in [6.07, 6.45) is 6.51. The normalized spacial score (nSPS) is 30.2. The number of aryl methyl sites for hydroxylation is 1. The van der Waals surface area contributed by atoms with Gasteiger partial charge in [-0.25, -0.2) is 4.79 Å². The lowest BCUT2D eigenvalue weighted by Crippen LogP contribution is -2.54. The number of carbonyl (C=O) groups excluding carboxylic acids is 3. The van der Waals surface area contributed by atoms with E-state index in [9.17, 15) is 14.4 Å². The molecular weight excluding hydrogens is 342 g/mol. The van der Waals surface area contributed by atoms with E-state index >= 15 is 0 Å². The van der Waals surface area contributed by atoms with Crippen molar-refractivity contribution in [2.24, 2.45) is 5.92 Å². The Morgan fingerprint density at radius 1 is 1.22 bits per heavy atom. The van der Waals surface area contributed by atoms with Crippen LogP contribution in [-0.2, 0) is 16.0 Å². The van der Waals surface area contributed by atoms with Crippen molar-refractivity contribution in [2.75, 3.05) is 6.54 Å². The fourth-order valence-corrected chi connectivity index (χ4v) is 4.93. The zero-order valence-electron chi connectivity index (χ0n) is 15.8. The predicted molar refractivity (Wildman–Crippen MR) is 101 cm³/mol. The van der Waals surface area contributed by atoms with Crippen molar-refractivity contribution >= 4 is 17.8 Å². The molecule has 4 amide bonds. The summed E-state index contributed by atoms with van der Waals surface area (Å²) in [5.74, 6) is -0.416. The first kappa shape index (κ1) is 18.0. The smallest absolute Gasteiger partial charge is 0.325 e. The summed E-state index contributed by atoms with van der Waals surface area (Å²) in [7, 11) is 0. The van der Waals surface area contributed by atoms with Gasteiger partial charge in [0.2, 0.25) is 5.91 Å². The molecule has 1 aromatic rings. The highest BCUT2D eigenvalue weighted by Gasteiger charge is 2.55. The van der Waals surface area contributed by atoms with Gasteiger partial charge in [-0.2, -0.15) is 0 Å². The van der Waals surface area contributed by atoms with E-state index in [1.807, 2.05) is 25.1 Å².